The summed E-state index contributed by atoms with van der Waals surface area (Å²) in [5.74, 6) is -1.27. The van der Waals surface area contributed by atoms with Crippen LogP contribution in [-0.4, -0.2) is 65.2 Å². The minimum Gasteiger partial charge on any atom is -0.460 e. The van der Waals surface area contributed by atoms with Gasteiger partial charge in [0.05, 0.1) is 28.9 Å². The molecule has 2 saturated carbocycles. The second-order valence-electron chi connectivity index (χ2n) is 10.7. The normalized spacial score (nSPS) is 32.9. The quantitative estimate of drug-likeness (QED) is 0.217. The molecule has 0 bridgehead atoms. The van der Waals surface area contributed by atoms with Crippen LogP contribution in [0.3, 0.4) is 0 Å². The van der Waals surface area contributed by atoms with Crippen molar-refractivity contribution in [3.05, 3.63) is 35.9 Å². The second-order valence-corrected chi connectivity index (χ2v) is 11.7. The summed E-state index contributed by atoms with van der Waals surface area (Å²) in [6.07, 6.45) is 3.26. The van der Waals surface area contributed by atoms with Crippen molar-refractivity contribution < 1.29 is 24.2 Å². The molecule has 37 heavy (non-hydrogen) atoms. The molecule has 2 fully saturated rings. The Bertz CT molecular complexity index is 850. The van der Waals surface area contributed by atoms with Crippen molar-refractivity contribution in [2.24, 2.45) is 23.5 Å². The number of amides is 1. The molecule has 0 heterocycles. The maximum absolute atomic E-state index is 13.4. The van der Waals surface area contributed by atoms with Crippen LogP contribution in [0, 0.1) is 17.8 Å². The fraction of sp³-hybridized carbons (Fsp3) is 0.714. The van der Waals surface area contributed by atoms with Crippen LogP contribution in [-0.2, 0) is 25.5 Å². The van der Waals surface area contributed by atoms with Crippen molar-refractivity contribution in [3.8, 4) is 0 Å². The Hall–Kier alpha value is -1.38. The number of carbonyl (C=O) groups excluding carboxylic acids is 2. The van der Waals surface area contributed by atoms with Gasteiger partial charge in [-0.2, -0.15) is 0 Å². The third-order valence-electron chi connectivity index (χ3n) is 7.71. The van der Waals surface area contributed by atoms with E-state index < -0.39 is 46.8 Å². The van der Waals surface area contributed by atoms with Crippen LogP contribution >= 0.6 is 23.2 Å². The molecule has 0 radical (unpaired) electrons. The molecule has 2 aliphatic carbocycles. The van der Waals surface area contributed by atoms with Gasteiger partial charge in [-0.15, -0.1) is 23.2 Å². The van der Waals surface area contributed by atoms with Crippen LogP contribution < -0.4 is 11.1 Å². The molecule has 8 atom stereocenters. The number of halogens is 2. The highest BCUT2D eigenvalue weighted by Gasteiger charge is 2.47. The number of hydrogen-bond donors (Lipinski definition) is 3. The zero-order valence-electron chi connectivity index (χ0n) is 21.9. The number of benzene rings is 1. The maximum Gasteiger partial charge on any atom is 0.329 e. The van der Waals surface area contributed by atoms with Gasteiger partial charge in [0.15, 0.2) is 0 Å². The van der Waals surface area contributed by atoms with Crippen LogP contribution in [0.4, 0.5) is 0 Å². The minimum absolute atomic E-state index is 0.184. The summed E-state index contributed by atoms with van der Waals surface area (Å²) in [4.78, 5) is 26.8. The number of hydrogen-bond acceptors (Lipinski definition) is 6. The molecule has 0 aliphatic heterocycles. The number of esters is 1. The number of alkyl halides is 2. The molecule has 0 spiro atoms. The summed E-state index contributed by atoms with van der Waals surface area (Å²) in [6.45, 7) is 5.21. The van der Waals surface area contributed by atoms with Gasteiger partial charge in [0.2, 0.25) is 5.91 Å². The number of aliphatic hydroxyl groups is 1. The average Bonchev–Trinajstić information content (AvgIpc) is 2.88. The summed E-state index contributed by atoms with van der Waals surface area (Å²) in [5, 5.41) is 12.4. The molecular formula is C28H42Cl2N2O5. The number of nitrogens with one attached hydrogen (secondary N) is 1. The molecule has 1 amide bonds. The number of aliphatic hydroxyl groups excluding tert-OH is 1. The molecule has 1 aromatic rings. The van der Waals surface area contributed by atoms with Gasteiger partial charge in [0, 0.05) is 13.0 Å². The van der Waals surface area contributed by atoms with E-state index in [0.29, 0.717) is 13.2 Å². The van der Waals surface area contributed by atoms with E-state index in [9.17, 15) is 14.7 Å². The van der Waals surface area contributed by atoms with E-state index in [1.165, 1.54) is 0 Å². The van der Waals surface area contributed by atoms with E-state index in [1.807, 2.05) is 30.3 Å². The van der Waals surface area contributed by atoms with Crippen LogP contribution in [0.15, 0.2) is 30.3 Å². The van der Waals surface area contributed by atoms with Gasteiger partial charge in [0.25, 0.3) is 0 Å². The molecular weight excluding hydrogens is 515 g/mol. The van der Waals surface area contributed by atoms with Crippen molar-refractivity contribution in [1.82, 2.24) is 5.32 Å². The van der Waals surface area contributed by atoms with E-state index in [1.54, 1.807) is 0 Å². The lowest BCUT2D eigenvalue weighted by atomic mass is 9.80. The molecule has 4 N–H and O–H groups in total. The largest absolute Gasteiger partial charge is 0.460 e. The predicted molar refractivity (Wildman–Crippen MR) is 146 cm³/mol. The molecule has 0 saturated heterocycles. The topological polar surface area (TPSA) is 111 Å². The molecule has 1 aromatic carbocycles. The summed E-state index contributed by atoms with van der Waals surface area (Å²) in [7, 11) is 0. The van der Waals surface area contributed by atoms with Gasteiger partial charge in [-0.1, -0.05) is 50.6 Å². The summed E-state index contributed by atoms with van der Waals surface area (Å²) >= 11 is 13.1. The fourth-order valence-corrected chi connectivity index (χ4v) is 6.40. The van der Waals surface area contributed by atoms with Crippen molar-refractivity contribution in [3.63, 3.8) is 0 Å². The standard InChI is InChI=1S/C28H42Cl2N2O5/c1-17-9-8-10-18(2)25(17)37-28(35)22(15-19-11-4-3-5-12-19)32-27(34)20-16-21(29)26(23(30)24(20)33)36-14-7-6-13-31/h3-5,11-12,17-18,20-26,33H,6-10,13-16,31H2,1-2H3,(H,32,34)/t17?,18?,20?,21?,22-,23?,24?,25?,26?/m0/s1. The third kappa shape index (κ3) is 8.30. The van der Waals surface area contributed by atoms with Gasteiger partial charge in [-0.25, -0.2) is 4.79 Å². The highest BCUT2D eigenvalue weighted by Crippen LogP contribution is 2.35. The van der Waals surface area contributed by atoms with E-state index >= 15 is 0 Å². The Morgan fingerprint density at radius 3 is 2.43 bits per heavy atom. The first kappa shape index (κ1) is 30.2. The van der Waals surface area contributed by atoms with Crippen LogP contribution in [0.2, 0.25) is 0 Å². The Morgan fingerprint density at radius 2 is 1.78 bits per heavy atom. The molecule has 208 valence electrons. The number of carbonyl (C=O) groups is 2. The Kier molecular flexibility index (Phi) is 12.0. The number of ether oxygens (including phenoxy) is 2. The zero-order valence-corrected chi connectivity index (χ0v) is 23.4. The Labute approximate surface area is 230 Å². The summed E-state index contributed by atoms with van der Waals surface area (Å²) < 4.78 is 11.8. The summed E-state index contributed by atoms with van der Waals surface area (Å²) in [6, 6.07) is 8.60. The number of unbranched alkanes of at least 4 members (excludes halogenated alkanes) is 1. The Balaban J connectivity index is 1.69. The molecule has 9 heteroatoms. The molecule has 3 rings (SSSR count). The van der Waals surface area contributed by atoms with Gasteiger partial charge >= 0.3 is 5.97 Å². The van der Waals surface area contributed by atoms with E-state index in [4.69, 9.17) is 38.4 Å². The molecule has 7 nitrogen and oxygen atoms in total. The lowest BCUT2D eigenvalue weighted by molar-refractivity contribution is -0.161. The second kappa shape index (κ2) is 14.7. The highest BCUT2D eigenvalue weighted by atomic mass is 35.5. The van der Waals surface area contributed by atoms with Gasteiger partial charge in [-0.05, 0) is 56.0 Å². The van der Waals surface area contributed by atoms with Crippen LogP contribution in [0.25, 0.3) is 0 Å². The van der Waals surface area contributed by atoms with Crippen LogP contribution in [0.1, 0.15) is 57.9 Å². The predicted octanol–water partition coefficient (Wildman–Crippen LogP) is 3.80. The summed E-state index contributed by atoms with van der Waals surface area (Å²) in [5.41, 5.74) is 6.42. The van der Waals surface area contributed by atoms with E-state index in [0.717, 1.165) is 37.7 Å². The van der Waals surface area contributed by atoms with E-state index in [-0.39, 0.29) is 30.8 Å². The van der Waals surface area contributed by atoms with Crippen molar-refractivity contribution in [2.45, 2.75) is 93.9 Å². The highest BCUT2D eigenvalue weighted by molar-refractivity contribution is 6.25. The van der Waals surface area contributed by atoms with Crippen molar-refractivity contribution >= 4 is 35.1 Å². The molecule has 0 aromatic heterocycles. The molecule has 7 unspecified atom stereocenters. The minimum atomic E-state index is -1.16. The van der Waals surface area contributed by atoms with Gasteiger partial charge < -0.3 is 25.6 Å². The third-order valence-corrected chi connectivity index (χ3v) is 8.64. The van der Waals surface area contributed by atoms with Gasteiger partial charge in [0.1, 0.15) is 12.1 Å². The zero-order chi connectivity index (χ0) is 26.9. The average molecular weight is 558 g/mol. The number of nitrogens with two attached hydrogens (primary N) is 1. The lowest BCUT2D eigenvalue weighted by Gasteiger charge is -2.40. The first-order valence-corrected chi connectivity index (χ1v) is 14.4. The Morgan fingerprint density at radius 1 is 1.11 bits per heavy atom. The van der Waals surface area contributed by atoms with Crippen molar-refractivity contribution in [1.29, 1.82) is 0 Å². The first-order valence-electron chi connectivity index (χ1n) is 13.6. The SMILES string of the molecule is CC1CCCC(C)C1OC(=O)[C@H](Cc1ccccc1)NC(=O)C1CC(Cl)C(OCCCCN)C(Cl)C1O. The monoisotopic (exact) mass is 556 g/mol. The van der Waals surface area contributed by atoms with E-state index in [2.05, 4.69) is 19.2 Å². The smallest absolute Gasteiger partial charge is 0.329 e. The van der Waals surface area contributed by atoms with Crippen molar-refractivity contribution in [2.75, 3.05) is 13.2 Å². The lowest BCUT2D eigenvalue weighted by Crippen LogP contribution is -2.56. The maximum atomic E-state index is 13.4. The van der Waals surface area contributed by atoms with Crippen LogP contribution in [0.5, 0.6) is 0 Å². The molecule has 2 aliphatic rings. The fourth-order valence-electron chi connectivity index (χ4n) is 5.48. The van der Waals surface area contributed by atoms with Gasteiger partial charge in [-0.3, -0.25) is 4.79 Å². The number of rotatable bonds is 11. The first-order chi connectivity index (χ1) is 17.7.